The van der Waals surface area contributed by atoms with Gasteiger partial charge in [0.05, 0.1) is 18.8 Å². The summed E-state index contributed by atoms with van der Waals surface area (Å²) >= 11 is 0. The summed E-state index contributed by atoms with van der Waals surface area (Å²) < 4.78 is 32.0. The van der Waals surface area contributed by atoms with Crippen molar-refractivity contribution >= 4 is 22.0 Å². The van der Waals surface area contributed by atoms with Crippen LogP contribution in [0, 0.1) is 0 Å². The van der Waals surface area contributed by atoms with E-state index in [1.54, 1.807) is 19.1 Å². The minimum Gasteiger partial charge on any atom is -0.449 e. The number of nitrogens with two attached hydrogens (primary N) is 1. The number of nitrogens with zero attached hydrogens (tertiary/aromatic N) is 1. The van der Waals surface area contributed by atoms with Crippen LogP contribution in [0.15, 0.2) is 24.3 Å². The maximum atomic E-state index is 12.2. The van der Waals surface area contributed by atoms with Gasteiger partial charge >= 0.3 is 16.3 Å². The molecule has 3 N–H and O–H groups in total. The van der Waals surface area contributed by atoms with Crippen molar-refractivity contribution in [1.29, 1.82) is 0 Å². The second-order valence-electron chi connectivity index (χ2n) is 4.45. The van der Waals surface area contributed by atoms with Crippen molar-refractivity contribution in [1.82, 2.24) is 4.72 Å². The summed E-state index contributed by atoms with van der Waals surface area (Å²) in [5, 5.41) is 0. The maximum Gasteiger partial charge on any atom is 0.422 e. The van der Waals surface area contributed by atoms with Gasteiger partial charge in [-0.2, -0.15) is 8.42 Å². The van der Waals surface area contributed by atoms with E-state index in [2.05, 4.69) is 4.74 Å². The van der Waals surface area contributed by atoms with Gasteiger partial charge in [-0.05, 0) is 25.0 Å². The van der Waals surface area contributed by atoms with Crippen molar-refractivity contribution in [3.8, 4) is 0 Å². The van der Waals surface area contributed by atoms with Gasteiger partial charge in [-0.3, -0.25) is 4.31 Å². The summed E-state index contributed by atoms with van der Waals surface area (Å²) in [4.78, 5) is 11.3. The van der Waals surface area contributed by atoms with E-state index in [0.717, 1.165) is 9.87 Å². The lowest BCUT2D eigenvalue weighted by Crippen LogP contribution is -2.51. The van der Waals surface area contributed by atoms with Gasteiger partial charge in [-0.25, -0.2) is 9.52 Å². The lowest BCUT2D eigenvalue weighted by atomic mass is 10.0. The Morgan fingerprint density at radius 3 is 2.90 bits per heavy atom. The Morgan fingerprint density at radius 2 is 2.20 bits per heavy atom. The zero-order valence-electron chi connectivity index (χ0n) is 11.1. The first-order valence-electron chi connectivity index (χ1n) is 6.24. The van der Waals surface area contributed by atoms with Crippen LogP contribution in [0.1, 0.15) is 12.5 Å². The zero-order valence-corrected chi connectivity index (χ0v) is 11.9. The van der Waals surface area contributed by atoms with Crippen LogP contribution >= 0.6 is 0 Å². The normalized spacial score (nSPS) is 18.3. The number of fused-ring (bicyclic) bond motifs is 1. The van der Waals surface area contributed by atoms with E-state index >= 15 is 0 Å². The Balaban J connectivity index is 2.30. The minimum absolute atomic E-state index is 0.0947. The van der Waals surface area contributed by atoms with Gasteiger partial charge in [0.1, 0.15) is 0 Å². The lowest BCUT2D eigenvalue weighted by molar-refractivity contribution is 0.158. The van der Waals surface area contributed by atoms with E-state index in [1.165, 1.54) is 0 Å². The van der Waals surface area contributed by atoms with Gasteiger partial charge in [0.15, 0.2) is 0 Å². The van der Waals surface area contributed by atoms with E-state index in [0.29, 0.717) is 12.1 Å². The molecule has 0 aromatic heterocycles. The first-order valence-corrected chi connectivity index (χ1v) is 7.68. The molecule has 0 radical (unpaired) electrons. The van der Waals surface area contributed by atoms with Gasteiger partial charge in [-0.1, -0.05) is 18.2 Å². The Hall–Kier alpha value is -1.80. The Kier molecular flexibility index (Phi) is 4.15. The molecule has 1 amide bonds. The first-order chi connectivity index (χ1) is 9.44. The van der Waals surface area contributed by atoms with Crippen LogP contribution < -0.4 is 14.8 Å². The van der Waals surface area contributed by atoms with Crippen LogP contribution in [0.5, 0.6) is 0 Å². The second-order valence-corrected chi connectivity index (χ2v) is 6.05. The zero-order chi connectivity index (χ0) is 14.8. The number of rotatable bonds is 3. The van der Waals surface area contributed by atoms with Crippen molar-refractivity contribution < 1.29 is 17.9 Å². The first kappa shape index (κ1) is 14.6. The lowest BCUT2D eigenvalue weighted by Gasteiger charge is -2.33. The van der Waals surface area contributed by atoms with Crippen LogP contribution in [0.2, 0.25) is 0 Å². The standard InChI is InChI=1S/C12H17N3O4S/c1-2-19-12(16)14-20(17,18)15-8-10(13)7-9-5-3-4-6-11(9)15/h3-6,10H,2,7-8,13H2,1H3,(H,14,16). The molecule has 0 saturated carbocycles. The molecule has 7 nitrogen and oxygen atoms in total. The molecule has 1 atom stereocenters. The summed E-state index contributed by atoms with van der Waals surface area (Å²) in [6.07, 6.45) is -0.397. The highest BCUT2D eigenvalue weighted by Crippen LogP contribution is 2.28. The van der Waals surface area contributed by atoms with E-state index in [-0.39, 0.29) is 19.2 Å². The molecule has 0 fully saturated rings. The summed E-state index contributed by atoms with van der Waals surface area (Å²) in [6.45, 7) is 1.81. The van der Waals surface area contributed by atoms with Gasteiger partial charge in [0.25, 0.3) is 0 Å². The number of ether oxygens (including phenoxy) is 1. The van der Waals surface area contributed by atoms with Crippen molar-refractivity contribution in [2.24, 2.45) is 5.73 Å². The number of hydrogen-bond acceptors (Lipinski definition) is 5. The SMILES string of the molecule is CCOC(=O)NS(=O)(=O)N1CC(N)Cc2ccccc21. The number of anilines is 1. The molecular weight excluding hydrogens is 282 g/mol. The fraction of sp³-hybridized carbons (Fsp3) is 0.417. The number of hydrogen-bond donors (Lipinski definition) is 2. The highest BCUT2D eigenvalue weighted by atomic mass is 32.2. The second kappa shape index (κ2) is 5.68. The fourth-order valence-electron chi connectivity index (χ4n) is 2.13. The molecule has 1 aliphatic rings. The smallest absolute Gasteiger partial charge is 0.422 e. The largest absolute Gasteiger partial charge is 0.449 e. The average Bonchev–Trinajstić information content (AvgIpc) is 2.37. The van der Waals surface area contributed by atoms with Gasteiger partial charge in [0, 0.05) is 6.04 Å². The summed E-state index contributed by atoms with van der Waals surface area (Å²) in [7, 11) is -4.02. The molecule has 1 aromatic rings. The molecule has 8 heteroatoms. The predicted molar refractivity (Wildman–Crippen MR) is 74.5 cm³/mol. The Labute approximate surface area is 117 Å². The van der Waals surface area contributed by atoms with Crippen molar-refractivity contribution in [3.05, 3.63) is 29.8 Å². The van der Waals surface area contributed by atoms with Gasteiger partial charge in [0.2, 0.25) is 0 Å². The molecule has 20 heavy (non-hydrogen) atoms. The fourth-order valence-corrected chi connectivity index (χ4v) is 3.34. The van der Waals surface area contributed by atoms with Gasteiger partial charge in [-0.15, -0.1) is 0 Å². The van der Waals surface area contributed by atoms with E-state index in [9.17, 15) is 13.2 Å². The average molecular weight is 299 g/mol. The number of nitrogens with one attached hydrogen (secondary N) is 1. The molecule has 1 aromatic carbocycles. The van der Waals surface area contributed by atoms with Crippen LogP contribution in [-0.2, 0) is 21.4 Å². The minimum atomic E-state index is -4.02. The highest BCUT2D eigenvalue weighted by molar-refractivity contribution is 7.91. The summed E-state index contributed by atoms with van der Waals surface area (Å²) in [5.41, 5.74) is 7.24. The maximum absolute atomic E-state index is 12.2. The molecular formula is C12H17N3O4S. The van der Waals surface area contributed by atoms with Crippen molar-refractivity contribution in [3.63, 3.8) is 0 Å². The Morgan fingerprint density at radius 1 is 1.50 bits per heavy atom. The topological polar surface area (TPSA) is 102 Å². The monoisotopic (exact) mass is 299 g/mol. The molecule has 0 saturated heterocycles. The van der Waals surface area contributed by atoms with E-state index < -0.39 is 16.3 Å². The number of carbonyl (C=O) groups is 1. The van der Waals surface area contributed by atoms with Crippen LogP contribution in [0.25, 0.3) is 0 Å². The summed E-state index contributed by atoms with van der Waals surface area (Å²) in [6, 6.07) is 6.75. The molecule has 110 valence electrons. The molecule has 1 heterocycles. The predicted octanol–water partition coefficient (Wildman–Crippen LogP) is 0.367. The third kappa shape index (κ3) is 3.02. The number of amides is 1. The number of carbonyl (C=O) groups excluding carboxylic acids is 1. The highest BCUT2D eigenvalue weighted by Gasteiger charge is 2.32. The third-order valence-corrected chi connectivity index (χ3v) is 4.27. The number of para-hydroxylation sites is 1. The molecule has 0 bridgehead atoms. The van der Waals surface area contributed by atoms with E-state index in [4.69, 9.17) is 5.73 Å². The molecule has 0 aliphatic carbocycles. The number of benzene rings is 1. The van der Waals surface area contributed by atoms with Crippen LogP contribution in [0.3, 0.4) is 0 Å². The molecule has 2 rings (SSSR count). The Bertz CT molecular complexity index is 602. The van der Waals surface area contributed by atoms with Crippen molar-refractivity contribution in [2.75, 3.05) is 17.5 Å². The third-order valence-electron chi connectivity index (χ3n) is 2.92. The summed E-state index contributed by atoms with van der Waals surface area (Å²) in [5.74, 6) is 0. The van der Waals surface area contributed by atoms with Crippen molar-refractivity contribution in [2.45, 2.75) is 19.4 Å². The molecule has 0 spiro atoms. The van der Waals surface area contributed by atoms with Crippen LogP contribution in [-0.4, -0.2) is 33.7 Å². The van der Waals surface area contributed by atoms with E-state index in [1.807, 2.05) is 16.9 Å². The quantitative estimate of drug-likeness (QED) is 0.839. The van der Waals surface area contributed by atoms with Gasteiger partial charge < -0.3 is 10.5 Å². The molecule has 1 aliphatic heterocycles. The molecule has 1 unspecified atom stereocenters. The van der Waals surface area contributed by atoms with Crippen LogP contribution in [0.4, 0.5) is 10.5 Å².